The number of nitrogens with one attached hydrogen (secondary N) is 1. The first-order valence-electron chi connectivity index (χ1n) is 9.69. The average Bonchev–Trinajstić information content (AvgIpc) is 3.44. The maximum Gasteiger partial charge on any atom is 0.233 e. The van der Waals surface area contributed by atoms with E-state index >= 15 is 0 Å². The third-order valence-corrected chi connectivity index (χ3v) is 7.19. The van der Waals surface area contributed by atoms with E-state index in [4.69, 9.17) is 9.15 Å². The number of ether oxygens (including phenoxy) is 1. The van der Waals surface area contributed by atoms with Gasteiger partial charge in [0, 0.05) is 37.1 Å². The quantitative estimate of drug-likeness (QED) is 0.568. The van der Waals surface area contributed by atoms with E-state index in [9.17, 15) is 8.42 Å². The summed E-state index contributed by atoms with van der Waals surface area (Å²) in [5.74, 6) is 0.407. The van der Waals surface area contributed by atoms with E-state index in [1.807, 2.05) is 23.6 Å². The number of benzene rings is 1. The molecule has 1 aliphatic heterocycles. The van der Waals surface area contributed by atoms with Gasteiger partial charge in [-0.3, -0.25) is 4.90 Å². The Morgan fingerprint density at radius 2 is 1.90 bits per heavy atom. The van der Waals surface area contributed by atoms with Gasteiger partial charge in [0.2, 0.25) is 26.6 Å². The lowest BCUT2D eigenvalue weighted by atomic mass is 10.4. The van der Waals surface area contributed by atoms with Crippen LogP contribution in [0.4, 0.5) is 5.88 Å². The summed E-state index contributed by atoms with van der Waals surface area (Å²) >= 11 is 1.58. The Morgan fingerprint density at radius 1 is 1.10 bits per heavy atom. The fraction of sp³-hybridized carbons (Fsp3) is 0.286. The van der Waals surface area contributed by atoms with Gasteiger partial charge in [-0.1, -0.05) is 24.3 Å². The normalized spacial score (nSPS) is 15.6. The number of sulfone groups is 1. The van der Waals surface area contributed by atoms with Crippen LogP contribution in [0.3, 0.4) is 0 Å². The Balaban J connectivity index is 1.57. The monoisotopic (exact) mass is 445 g/mol. The molecule has 9 heteroatoms. The molecular weight excluding hydrogens is 422 g/mol. The molecule has 0 atom stereocenters. The van der Waals surface area contributed by atoms with Gasteiger partial charge < -0.3 is 14.5 Å². The molecule has 30 heavy (non-hydrogen) atoms. The number of nitrogens with zero attached hydrogens (tertiary/aromatic N) is 2. The van der Waals surface area contributed by atoms with Crippen molar-refractivity contribution < 1.29 is 17.6 Å². The highest BCUT2D eigenvalue weighted by molar-refractivity contribution is 7.91. The lowest BCUT2D eigenvalue weighted by Crippen LogP contribution is -2.39. The molecule has 0 unspecified atom stereocenters. The zero-order valence-corrected chi connectivity index (χ0v) is 18.0. The summed E-state index contributed by atoms with van der Waals surface area (Å²) in [4.78, 5) is 7.76. The van der Waals surface area contributed by atoms with E-state index in [0.29, 0.717) is 19.8 Å². The Bertz CT molecular complexity index is 1070. The summed E-state index contributed by atoms with van der Waals surface area (Å²) in [7, 11) is -3.81. The number of thiophene rings is 1. The predicted molar refractivity (Wildman–Crippen MR) is 117 cm³/mol. The SMILES string of the molecule is O=S(=O)(c1ccccc1)c1nc(/C=C/c2cccs2)oc1NCCN1CCOCC1. The van der Waals surface area contributed by atoms with Crippen molar-refractivity contribution in [3.63, 3.8) is 0 Å². The van der Waals surface area contributed by atoms with Gasteiger partial charge in [0.25, 0.3) is 0 Å². The van der Waals surface area contributed by atoms with Crippen LogP contribution in [0.2, 0.25) is 0 Å². The molecule has 0 aliphatic carbocycles. The second kappa shape index (κ2) is 9.57. The van der Waals surface area contributed by atoms with Gasteiger partial charge in [-0.15, -0.1) is 11.3 Å². The van der Waals surface area contributed by atoms with Crippen molar-refractivity contribution in [1.29, 1.82) is 0 Å². The van der Waals surface area contributed by atoms with Crippen molar-refractivity contribution in [3.8, 4) is 0 Å². The third kappa shape index (κ3) is 4.99. The lowest BCUT2D eigenvalue weighted by Gasteiger charge is -2.26. The van der Waals surface area contributed by atoms with Crippen LogP contribution in [-0.4, -0.2) is 57.7 Å². The molecule has 0 radical (unpaired) electrons. The largest absolute Gasteiger partial charge is 0.420 e. The maximum absolute atomic E-state index is 13.2. The summed E-state index contributed by atoms with van der Waals surface area (Å²) in [6.45, 7) is 4.46. The molecule has 1 N–H and O–H groups in total. The second-order valence-electron chi connectivity index (χ2n) is 6.73. The zero-order chi connectivity index (χ0) is 20.8. The minimum atomic E-state index is -3.81. The topological polar surface area (TPSA) is 84.7 Å². The van der Waals surface area contributed by atoms with E-state index in [1.165, 1.54) is 0 Å². The van der Waals surface area contributed by atoms with Gasteiger partial charge >= 0.3 is 0 Å². The van der Waals surface area contributed by atoms with E-state index in [-0.39, 0.29) is 21.7 Å². The molecule has 0 spiro atoms. The average molecular weight is 446 g/mol. The smallest absolute Gasteiger partial charge is 0.233 e. The maximum atomic E-state index is 13.2. The molecule has 1 aliphatic rings. The minimum absolute atomic E-state index is 0.0958. The number of hydrogen-bond donors (Lipinski definition) is 1. The Hall–Kier alpha value is -2.46. The van der Waals surface area contributed by atoms with Gasteiger partial charge in [-0.2, -0.15) is 4.98 Å². The molecule has 3 aromatic rings. The van der Waals surface area contributed by atoms with E-state index in [2.05, 4.69) is 15.2 Å². The highest BCUT2D eigenvalue weighted by Crippen LogP contribution is 2.29. The van der Waals surface area contributed by atoms with Crippen LogP contribution in [-0.2, 0) is 14.6 Å². The van der Waals surface area contributed by atoms with Crippen LogP contribution >= 0.6 is 11.3 Å². The summed E-state index contributed by atoms with van der Waals surface area (Å²) in [5, 5.41) is 5.00. The summed E-state index contributed by atoms with van der Waals surface area (Å²) in [5.41, 5.74) is 0. The fourth-order valence-electron chi connectivity index (χ4n) is 3.09. The van der Waals surface area contributed by atoms with Gasteiger partial charge in [-0.25, -0.2) is 8.42 Å². The minimum Gasteiger partial charge on any atom is -0.420 e. The second-order valence-corrected chi connectivity index (χ2v) is 9.58. The highest BCUT2D eigenvalue weighted by Gasteiger charge is 2.27. The fourth-order valence-corrected chi connectivity index (χ4v) is 5.01. The highest BCUT2D eigenvalue weighted by atomic mass is 32.2. The van der Waals surface area contributed by atoms with E-state index in [1.54, 1.807) is 47.7 Å². The molecular formula is C21H23N3O4S2. The molecule has 1 saturated heterocycles. The molecule has 0 saturated carbocycles. The van der Waals surface area contributed by atoms with Crippen LogP contribution in [0.25, 0.3) is 12.2 Å². The van der Waals surface area contributed by atoms with Crippen molar-refractivity contribution in [3.05, 3.63) is 58.6 Å². The van der Waals surface area contributed by atoms with Crippen molar-refractivity contribution >= 4 is 39.2 Å². The molecule has 1 fully saturated rings. The first-order valence-corrected chi connectivity index (χ1v) is 12.1. The number of oxazole rings is 1. The standard InChI is InChI=1S/C21H23N3O4S2/c25-30(26,18-6-2-1-3-7-18)21-20(22-10-11-24-12-14-27-15-13-24)28-19(23-21)9-8-17-5-4-16-29-17/h1-9,16,22H,10-15H2/b9-8+. The molecule has 1 aromatic carbocycles. The van der Waals surface area contributed by atoms with Gasteiger partial charge in [0.05, 0.1) is 18.1 Å². The molecule has 158 valence electrons. The van der Waals surface area contributed by atoms with Crippen molar-refractivity contribution in [2.24, 2.45) is 0 Å². The summed E-state index contributed by atoms with van der Waals surface area (Å²) in [6, 6.07) is 12.2. The van der Waals surface area contributed by atoms with E-state index < -0.39 is 9.84 Å². The van der Waals surface area contributed by atoms with Crippen LogP contribution in [0.5, 0.6) is 0 Å². The van der Waals surface area contributed by atoms with Crippen molar-refractivity contribution in [1.82, 2.24) is 9.88 Å². The van der Waals surface area contributed by atoms with Gasteiger partial charge in [0.1, 0.15) is 0 Å². The number of hydrogen-bond acceptors (Lipinski definition) is 8. The Morgan fingerprint density at radius 3 is 2.63 bits per heavy atom. The molecule has 0 amide bonds. The number of rotatable bonds is 8. The van der Waals surface area contributed by atoms with Crippen LogP contribution in [0.15, 0.2) is 62.2 Å². The molecule has 2 aromatic heterocycles. The van der Waals surface area contributed by atoms with Crippen LogP contribution in [0.1, 0.15) is 10.8 Å². The van der Waals surface area contributed by atoms with E-state index in [0.717, 1.165) is 24.5 Å². The first-order chi connectivity index (χ1) is 14.6. The number of anilines is 1. The van der Waals surface area contributed by atoms with Crippen molar-refractivity contribution in [2.45, 2.75) is 9.92 Å². The molecule has 4 rings (SSSR count). The number of morpholine rings is 1. The third-order valence-electron chi connectivity index (χ3n) is 4.67. The van der Waals surface area contributed by atoms with Gasteiger partial charge in [-0.05, 0) is 29.7 Å². The molecule has 7 nitrogen and oxygen atoms in total. The van der Waals surface area contributed by atoms with Gasteiger partial charge in [0.15, 0.2) is 0 Å². The molecule has 0 bridgehead atoms. The predicted octanol–water partition coefficient (Wildman–Crippen LogP) is 3.48. The Kier molecular flexibility index (Phi) is 6.63. The lowest BCUT2D eigenvalue weighted by molar-refractivity contribution is 0.0398. The number of aromatic nitrogens is 1. The Labute approximate surface area is 179 Å². The molecule has 3 heterocycles. The summed E-state index contributed by atoms with van der Waals surface area (Å²) in [6.07, 6.45) is 3.54. The zero-order valence-electron chi connectivity index (χ0n) is 16.4. The van der Waals surface area contributed by atoms with Crippen LogP contribution < -0.4 is 5.32 Å². The summed E-state index contributed by atoms with van der Waals surface area (Å²) < 4.78 is 37.5. The van der Waals surface area contributed by atoms with Crippen LogP contribution in [0, 0.1) is 0 Å². The first kappa shape index (κ1) is 20.8. The van der Waals surface area contributed by atoms with Crippen molar-refractivity contribution in [2.75, 3.05) is 44.7 Å².